The highest BCUT2D eigenvalue weighted by Crippen LogP contribution is 2.17. The minimum atomic E-state index is -0.883. The van der Waals surface area contributed by atoms with E-state index in [2.05, 4.69) is 35.1 Å². The molecule has 0 heterocycles. The normalized spacial score (nSPS) is 11.9. The van der Waals surface area contributed by atoms with E-state index in [1.54, 1.807) is 31.2 Å². The number of esters is 1. The van der Waals surface area contributed by atoms with Crippen LogP contribution in [0, 0.1) is 0 Å². The Morgan fingerprint density at radius 3 is 2.08 bits per heavy atom. The van der Waals surface area contributed by atoms with Gasteiger partial charge in [-0.05, 0) is 54.8 Å². The van der Waals surface area contributed by atoms with Crippen molar-refractivity contribution in [1.82, 2.24) is 0 Å². The SMILES string of the molecule is CC(C)c1ccc(C(=O)O[C@@H](C)C(=O)Nc2ccc(Br)cc2)cc1. The molecule has 1 amide bonds. The fourth-order valence-electron chi connectivity index (χ4n) is 2.06. The Hall–Kier alpha value is -2.14. The number of hydrogen-bond donors (Lipinski definition) is 1. The topological polar surface area (TPSA) is 55.4 Å². The lowest BCUT2D eigenvalue weighted by molar-refractivity contribution is -0.123. The molecule has 0 aliphatic carbocycles. The van der Waals surface area contributed by atoms with Crippen molar-refractivity contribution in [1.29, 1.82) is 0 Å². The molecule has 0 radical (unpaired) electrons. The monoisotopic (exact) mass is 389 g/mol. The number of nitrogens with one attached hydrogen (secondary N) is 1. The predicted octanol–water partition coefficient (Wildman–Crippen LogP) is 4.76. The molecule has 0 bridgehead atoms. The summed E-state index contributed by atoms with van der Waals surface area (Å²) in [6.07, 6.45) is -0.883. The molecule has 0 saturated carbocycles. The van der Waals surface area contributed by atoms with Gasteiger partial charge in [-0.25, -0.2) is 4.79 Å². The Kier molecular flexibility index (Phi) is 6.15. The first-order valence-electron chi connectivity index (χ1n) is 7.74. The van der Waals surface area contributed by atoms with Gasteiger partial charge in [0.1, 0.15) is 0 Å². The number of ether oxygens (including phenoxy) is 1. The van der Waals surface area contributed by atoms with Crippen LogP contribution in [-0.4, -0.2) is 18.0 Å². The Morgan fingerprint density at radius 2 is 1.54 bits per heavy atom. The summed E-state index contributed by atoms with van der Waals surface area (Å²) >= 11 is 3.33. The van der Waals surface area contributed by atoms with Crippen LogP contribution in [-0.2, 0) is 9.53 Å². The van der Waals surface area contributed by atoms with Gasteiger partial charge in [-0.15, -0.1) is 0 Å². The lowest BCUT2D eigenvalue weighted by atomic mass is 10.0. The summed E-state index contributed by atoms with van der Waals surface area (Å²) in [4.78, 5) is 24.2. The standard InChI is InChI=1S/C19H20BrNO3/c1-12(2)14-4-6-15(7-5-14)19(23)24-13(3)18(22)21-17-10-8-16(20)9-11-17/h4-13H,1-3H3,(H,21,22)/t13-/m0/s1. The van der Waals surface area contributed by atoms with Crippen LogP contribution in [0.25, 0.3) is 0 Å². The van der Waals surface area contributed by atoms with Gasteiger partial charge < -0.3 is 10.1 Å². The van der Waals surface area contributed by atoms with Gasteiger partial charge in [0.2, 0.25) is 0 Å². The molecule has 0 aliphatic rings. The summed E-state index contributed by atoms with van der Waals surface area (Å²) in [6.45, 7) is 5.72. The van der Waals surface area contributed by atoms with E-state index in [1.807, 2.05) is 24.3 Å². The van der Waals surface area contributed by atoms with Crippen molar-refractivity contribution in [3.63, 3.8) is 0 Å². The highest BCUT2D eigenvalue weighted by molar-refractivity contribution is 9.10. The second kappa shape index (κ2) is 8.11. The van der Waals surface area contributed by atoms with E-state index in [4.69, 9.17) is 4.74 Å². The summed E-state index contributed by atoms with van der Waals surface area (Å²) < 4.78 is 6.16. The molecule has 0 aliphatic heterocycles. The molecular weight excluding hydrogens is 370 g/mol. The van der Waals surface area contributed by atoms with Crippen molar-refractivity contribution in [2.24, 2.45) is 0 Å². The summed E-state index contributed by atoms with van der Waals surface area (Å²) in [5.41, 5.74) is 2.22. The first-order valence-corrected chi connectivity index (χ1v) is 8.53. The minimum absolute atomic E-state index is 0.371. The predicted molar refractivity (Wildman–Crippen MR) is 98.2 cm³/mol. The summed E-state index contributed by atoms with van der Waals surface area (Å²) in [7, 11) is 0. The smallest absolute Gasteiger partial charge is 0.338 e. The third kappa shape index (κ3) is 4.93. The maximum absolute atomic E-state index is 12.1. The van der Waals surface area contributed by atoms with Gasteiger partial charge in [0.15, 0.2) is 6.10 Å². The quantitative estimate of drug-likeness (QED) is 0.750. The zero-order chi connectivity index (χ0) is 17.7. The average molecular weight is 390 g/mol. The van der Waals surface area contributed by atoms with Crippen LogP contribution in [0.4, 0.5) is 5.69 Å². The molecule has 2 aromatic carbocycles. The van der Waals surface area contributed by atoms with Crippen molar-refractivity contribution >= 4 is 33.5 Å². The highest BCUT2D eigenvalue weighted by atomic mass is 79.9. The molecule has 126 valence electrons. The van der Waals surface area contributed by atoms with E-state index in [1.165, 1.54) is 0 Å². The van der Waals surface area contributed by atoms with Crippen LogP contribution in [0.2, 0.25) is 0 Å². The Bertz CT molecular complexity index is 708. The molecular formula is C19H20BrNO3. The molecule has 1 atom stereocenters. The van der Waals surface area contributed by atoms with Gasteiger partial charge in [-0.1, -0.05) is 41.9 Å². The van der Waals surface area contributed by atoms with E-state index in [0.29, 0.717) is 17.2 Å². The van der Waals surface area contributed by atoms with Crippen molar-refractivity contribution in [3.05, 3.63) is 64.1 Å². The number of carbonyl (C=O) groups excluding carboxylic acids is 2. The number of hydrogen-bond acceptors (Lipinski definition) is 3. The molecule has 0 unspecified atom stereocenters. The van der Waals surface area contributed by atoms with Crippen LogP contribution in [0.5, 0.6) is 0 Å². The van der Waals surface area contributed by atoms with Crippen LogP contribution in [0.3, 0.4) is 0 Å². The van der Waals surface area contributed by atoms with Gasteiger partial charge in [-0.2, -0.15) is 0 Å². The fourth-order valence-corrected chi connectivity index (χ4v) is 2.33. The molecule has 0 saturated heterocycles. The van der Waals surface area contributed by atoms with Gasteiger partial charge in [0, 0.05) is 10.2 Å². The second-order valence-corrected chi connectivity index (χ2v) is 6.74. The number of halogens is 1. The van der Waals surface area contributed by atoms with Crippen molar-refractivity contribution < 1.29 is 14.3 Å². The van der Waals surface area contributed by atoms with E-state index in [-0.39, 0.29) is 5.91 Å². The number of anilines is 1. The Labute approximate surface area is 150 Å². The van der Waals surface area contributed by atoms with E-state index >= 15 is 0 Å². The summed E-state index contributed by atoms with van der Waals surface area (Å²) in [6, 6.07) is 14.4. The molecule has 24 heavy (non-hydrogen) atoms. The van der Waals surface area contributed by atoms with Crippen molar-refractivity contribution in [2.75, 3.05) is 5.32 Å². The van der Waals surface area contributed by atoms with E-state index in [9.17, 15) is 9.59 Å². The molecule has 4 nitrogen and oxygen atoms in total. The molecule has 1 N–H and O–H groups in total. The molecule has 5 heteroatoms. The lowest BCUT2D eigenvalue weighted by Crippen LogP contribution is -2.30. The van der Waals surface area contributed by atoms with Gasteiger partial charge in [0.25, 0.3) is 5.91 Å². The first kappa shape index (κ1) is 18.2. The third-order valence-electron chi connectivity index (χ3n) is 3.58. The van der Waals surface area contributed by atoms with Crippen LogP contribution in [0.1, 0.15) is 42.6 Å². The molecule has 0 fully saturated rings. The van der Waals surface area contributed by atoms with Gasteiger partial charge in [0.05, 0.1) is 5.56 Å². The maximum atomic E-state index is 12.1. The van der Waals surface area contributed by atoms with E-state index < -0.39 is 12.1 Å². The Morgan fingerprint density at radius 1 is 0.958 bits per heavy atom. The fraction of sp³-hybridized carbons (Fsp3) is 0.263. The summed E-state index contributed by atoms with van der Waals surface area (Å²) in [5, 5.41) is 2.71. The Balaban J connectivity index is 1.94. The van der Waals surface area contributed by atoms with Crippen LogP contribution >= 0.6 is 15.9 Å². The van der Waals surface area contributed by atoms with Gasteiger partial charge in [-0.3, -0.25) is 4.79 Å². The largest absolute Gasteiger partial charge is 0.449 e. The number of carbonyl (C=O) groups is 2. The highest BCUT2D eigenvalue weighted by Gasteiger charge is 2.19. The molecule has 0 spiro atoms. The maximum Gasteiger partial charge on any atom is 0.338 e. The number of benzene rings is 2. The van der Waals surface area contributed by atoms with Gasteiger partial charge >= 0.3 is 5.97 Å². The zero-order valence-corrected chi connectivity index (χ0v) is 15.5. The lowest BCUT2D eigenvalue weighted by Gasteiger charge is -2.14. The number of rotatable bonds is 5. The van der Waals surface area contributed by atoms with Crippen LogP contribution in [0.15, 0.2) is 53.0 Å². The minimum Gasteiger partial charge on any atom is -0.449 e. The molecule has 0 aromatic heterocycles. The molecule has 2 rings (SSSR count). The van der Waals surface area contributed by atoms with Crippen molar-refractivity contribution in [2.45, 2.75) is 32.8 Å². The molecule has 2 aromatic rings. The third-order valence-corrected chi connectivity index (χ3v) is 4.11. The van der Waals surface area contributed by atoms with Crippen molar-refractivity contribution in [3.8, 4) is 0 Å². The average Bonchev–Trinajstić information content (AvgIpc) is 2.56. The van der Waals surface area contributed by atoms with Crippen LogP contribution < -0.4 is 5.32 Å². The second-order valence-electron chi connectivity index (χ2n) is 5.82. The number of amides is 1. The summed E-state index contributed by atoms with van der Waals surface area (Å²) in [5.74, 6) is -0.487. The first-order chi connectivity index (χ1) is 11.4. The zero-order valence-electron chi connectivity index (χ0n) is 13.9. The van der Waals surface area contributed by atoms with E-state index in [0.717, 1.165) is 10.0 Å².